The molecular weight excluding hydrogens is 273 g/mol. The highest BCUT2D eigenvalue weighted by Gasteiger charge is 2.10. The van der Waals surface area contributed by atoms with Crippen LogP contribution in [0.3, 0.4) is 0 Å². The summed E-state index contributed by atoms with van der Waals surface area (Å²) in [6.07, 6.45) is 0.845. The lowest BCUT2D eigenvalue weighted by Gasteiger charge is -2.16. The molecule has 1 atom stereocenters. The minimum atomic E-state index is -0.169. The van der Waals surface area contributed by atoms with Gasteiger partial charge in [0, 0.05) is 16.7 Å². The van der Waals surface area contributed by atoms with Gasteiger partial charge in [0.15, 0.2) is 0 Å². The topological polar surface area (TPSA) is 32.3 Å². The van der Waals surface area contributed by atoms with E-state index in [1.165, 1.54) is 17.8 Å². The summed E-state index contributed by atoms with van der Waals surface area (Å²) >= 11 is 1.52. The number of hydrogen-bond donors (Lipinski definition) is 2. The van der Waals surface area contributed by atoms with Crippen molar-refractivity contribution in [2.75, 3.05) is 12.8 Å². The molecule has 4 heteroatoms. The van der Waals surface area contributed by atoms with E-state index in [9.17, 15) is 9.50 Å². The molecule has 2 aromatic carbocycles. The van der Waals surface area contributed by atoms with Crippen molar-refractivity contribution < 1.29 is 9.50 Å². The average molecular weight is 291 g/mol. The summed E-state index contributed by atoms with van der Waals surface area (Å²) in [5, 5.41) is 12.5. The van der Waals surface area contributed by atoms with E-state index in [1.807, 2.05) is 25.2 Å². The molecule has 0 bridgehead atoms. The van der Waals surface area contributed by atoms with Crippen LogP contribution in [0.15, 0.2) is 53.4 Å². The van der Waals surface area contributed by atoms with Crippen LogP contribution in [0.25, 0.3) is 0 Å². The summed E-state index contributed by atoms with van der Waals surface area (Å²) in [5.41, 5.74) is 1.15. The van der Waals surface area contributed by atoms with Crippen molar-refractivity contribution in [3.63, 3.8) is 0 Å². The molecule has 0 saturated carbocycles. The zero-order valence-corrected chi connectivity index (χ0v) is 12.2. The fourth-order valence-electron chi connectivity index (χ4n) is 1.91. The fourth-order valence-corrected chi connectivity index (χ4v) is 2.96. The molecule has 2 nitrogen and oxygen atoms in total. The summed E-state index contributed by atoms with van der Waals surface area (Å²) in [5.74, 6) is 0.894. The third-order valence-corrected chi connectivity index (χ3v) is 4.31. The number of nitrogens with one attached hydrogen (secondary N) is 1. The zero-order chi connectivity index (χ0) is 14.4. The van der Waals surface area contributed by atoms with Crippen molar-refractivity contribution in [2.24, 2.45) is 0 Å². The Balaban J connectivity index is 1.92. The average Bonchev–Trinajstić information content (AvgIpc) is 2.47. The van der Waals surface area contributed by atoms with Crippen LogP contribution in [0.5, 0.6) is 5.75 Å². The first-order valence-corrected chi connectivity index (χ1v) is 7.50. The number of benzene rings is 2. The summed E-state index contributed by atoms with van der Waals surface area (Å²) in [4.78, 5) is 0.679. The van der Waals surface area contributed by atoms with Crippen LogP contribution < -0.4 is 5.32 Å². The van der Waals surface area contributed by atoms with Crippen LogP contribution >= 0.6 is 11.8 Å². The van der Waals surface area contributed by atoms with Gasteiger partial charge in [-0.3, -0.25) is 0 Å². The summed E-state index contributed by atoms with van der Waals surface area (Å²) < 4.78 is 13.5. The number of phenolic OH excluding ortho intramolecular Hbond substituents is 1. The third kappa shape index (κ3) is 4.25. The van der Waals surface area contributed by atoms with Crippen LogP contribution in [-0.2, 0) is 6.42 Å². The molecule has 2 rings (SSSR count). The van der Waals surface area contributed by atoms with Gasteiger partial charge in [0.25, 0.3) is 0 Å². The lowest BCUT2D eigenvalue weighted by Crippen LogP contribution is -2.30. The van der Waals surface area contributed by atoms with E-state index in [1.54, 1.807) is 24.3 Å². The van der Waals surface area contributed by atoms with Gasteiger partial charge in [-0.25, -0.2) is 4.39 Å². The number of halogens is 1. The van der Waals surface area contributed by atoms with Crippen LogP contribution in [0.4, 0.5) is 4.39 Å². The molecule has 1 unspecified atom stereocenters. The second kappa shape index (κ2) is 7.31. The molecule has 0 fully saturated rings. The first kappa shape index (κ1) is 14.9. The van der Waals surface area contributed by atoms with Crippen molar-refractivity contribution in [3.05, 3.63) is 59.9 Å². The van der Waals surface area contributed by atoms with Gasteiger partial charge < -0.3 is 10.4 Å². The Hall–Kier alpha value is -1.52. The number of likely N-dealkylation sites (N-methyl/N-ethyl adjacent to an activating group) is 1. The molecule has 0 saturated heterocycles. The first-order chi connectivity index (χ1) is 9.69. The molecule has 2 aromatic rings. The number of phenols is 1. The Morgan fingerprint density at radius 1 is 1.15 bits per heavy atom. The van der Waals surface area contributed by atoms with Crippen molar-refractivity contribution in [1.29, 1.82) is 0 Å². The summed E-state index contributed by atoms with van der Waals surface area (Å²) in [6.45, 7) is 0. The Bertz CT molecular complexity index is 544. The summed E-state index contributed by atoms with van der Waals surface area (Å²) in [6, 6.07) is 14.3. The molecule has 106 valence electrons. The first-order valence-electron chi connectivity index (χ1n) is 6.51. The molecule has 0 aliphatic rings. The van der Waals surface area contributed by atoms with E-state index in [0.29, 0.717) is 4.90 Å². The Morgan fingerprint density at radius 3 is 2.50 bits per heavy atom. The van der Waals surface area contributed by atoms with Gasteiger partial charge in [0.2, 0.25) is 0 Å². The lowest BCUT2D eigenvalue weighted by atomic mass is 10.1. The number of hydrogen-bond acceptors (Lipinski definition) is 3. The summed E-state index contributed by atoms with van der Waals surface area (Å²) in [7, 11) is 1.91. The maximum atomic E-state index is 13.5. The predicted molar refractivity (Wildman–Crippen MR) is 81.8 cm³/mol. The molecule has 0 radical (unpaired) electrons. The smallest absolute Gasteiger partial charge is 0.136 e. The highest BCUT2D eigenvalue weighted by atomic mass is 32.2. The van der Waals surface area contributed by atoms with Gasteiger partial charge in [-0.2, -0.15) is 0 Å². The standard InChI is InChI=1S/C16H18FNOS/c1-18-13(10-12-6-8-14(19)9-7-12)11-20-16-5-3-2-4-15(16)17/h2-9,13,18-19H,10-11H2,1H3. The Kier molecular flexibility index (Phi) is 5.44. The molecule has 0 heterocycles. The molecule has 2 N–H and O–H groups in total. The second-order valence-corrected chi connectivity index (χ2v) is 5.66. The highest BCUT2D eigenvalue weighted by Crippen LogP contribution is 2.23. The van der Waals surface area contributed by atoms with E-state index in [-0.39, 0.29) is 17.6 Å². The van der Waals surface area contributed by atoms with Crippen molar-refractivity contribution in [2.45, 2.75) is 17.4 Å². The fraction of sp³-hybridized carbons (Fsp3) is 0.250. The highest BCUT2D eigenvalue weighted by molar-refractivity contribution is 7.99. The third-order valence-electron chi connectivity index (χ3n) is 3.10. The van der Waals surface area contributed by atoms with E-state index >= 15 is 0 Å². The molecule has 0 aromatic heterocycles. The quantitative estimate of drug-likeness (QED) is 0.800. The number of aromatic hydroxyl groups is 1. The van der Waals surface area contributed by atoms with Crippen LogP contribution in [0.1, 0.15) is 5.56 Å². The predicted octanol–water partition coefficient (Wildman–Crippen LogP) is 3.45. The van der Waals surface area contributed by atoms with Crippen LogP contribution in [0, 0.1) is 5.82 Å². The molecule has 0 spiro atoms. The van der Waals surface area contributed by atoms with Crippen molar-refractivity contribution in [3.8, 4) is 5.75 Å². The van der Waals surface area contributed by atoms with Gasteiger partial charge in [-0.1, -0.05) is 24.3 Å². The van der Waals surface area contributed by atoms with Gasteiger partial charge in [-0.15, -0.1) is 11.8 Å². The van der Waals surface area contributed by atoms with Crippen LogP contribution in [0.2, 0.25) is 0 Å². The van der Waals surface area contributed by atoms with E-state index < -0.39 is 0 Å². The zero-order valence-electron chi connectivity index (χ0n) is 11.3. The molecule has 0 aliphatic carbocycles. The van der Waals surface area contributed by atoms with Gasteiger partial charge >= 0.3 is 0 Å². The molecule has 20 heavy (non-hydrogen) atoms. The van der Waals surface area contributed by atoms with E-state index in [4.69, 9.17) is 0 Å². The lowest BCUT2D eigenvalue weighted by molar-refractivity contribution is 0.475. The van der Waals surface area contributed by atoms with Gasteiger partial charge in [0.05, 0.1) is 0 Å². The van der Waals surface area contributed by atoms with Gasteiger partial charge in [0.1, 0.15) is 11.6 Å². The minimum Gasteiger partial charge on any atom is -0.508 e. The Labute approximate surface area is 123 Å². The van der Waals surface area contributed by atoms with E-state index in [0.717, 1.165) is 17.7 Å². The Morgan fingerprint density at radius 2 is 1.85 bits per heavy atom. The second-order valence-electron chi connectivity index (χ2n) is 4.60. The molecular formula is C16H18FNOS. The van der Waals surface area contributed by atoms with Gasteiger partial charge in [-0.05, 0) is 43.3 Å². The monoisotopic (exact) mass is 291 g/mol. The minimum absolute atomic E-state index is 0.169. The van der Waals surface area contributed by atoms with E-state index in [2.05, 4.69) is 5.32 Å². The van der Waals surface area contributed by atoms with Crippen molar-refractivity contribution in [1.82, 2.24) is 5.32 Å². The van der Waals surface area contributed by atoms with Crippen LogP contribution in [-0.4, -0.2) is 23.9 Å². The number of thioether (sulfide) groups is 1. The maximum absolute atomic E-state index is 13.5. The molecule has 0 amide bonds. The maximum Gasteiger partial charge on any atom is 0.136 e. The number of rotatable bonds is 6. The largest absolute Gasteiger partial charge is 0.508 e. The normalized spacial score (nSPS) is 12.3. The SMILES string of the molecule is CNC(CSc1ccccc1F)Cc1ccc(O)cc1. The molecule has 0 aliphatic heterocycles. The van der Waals surface area contributed by atoms with Crippen molar-refractivity contribution >= 4 is 11.8 Å².